The summed E-state index contributed by atoms with van der Waals surface area (Å²) in [5.41, 5.74) is 4.07. The van der Waals surface area contributed by atoms with Crippen molar-refractivity contribution in [2.24, 2.45) is 0 Å². The van der Waals surface area contributed by atoms with E-state index in [-0.39, 0.29) is 49.5 Å². The van der Waals surface area contributed by atoms with Gasteiger partial charge in [-0.15, -0.1) is 6.42 Å². The van der Waals surface area contributed by atoms with Crippen molar-refractivity contribution in [3.8, 4) is 12.3 Å². The van der Waals surface area contributed by atoms with Crippen LogP contribution in [-0.4, -0.2) is 80.3 Å². The molecule has 0 saturated carbocycles. The van der Waals surface area contributed by atoms with E-state index in [9.17, 15) is 23.9 Å². The number of hydrogen-bond acceptors (Lipinski definition) is 13. The first-order valence-corrected chi connectivity index (χ1v) is 14.8. The van der Waals surface area contributed by atoms with Crippen LogP contribution in [0.5, 0.6) is 0 Å². The summed E-state index contributed by atoms with van der Waals surface area (Å²) in [5.74, 6) is 1.21. The van der Waals surface area contributed by atoms with E-state index in [1.807, 2.05) is 0 Å². The second-order valence-corrected chi connectivity index (χ2v) is 10.8. The van der Waals surface area contributed by atoms with E-state index in [0.717, 1.165) is 44.9 Å². The molecule has 14 nitrogen and oxygen atoms in total. The van der Waals surface area contributed by atoms with Crippen LogP contribution in [0.25, 0.3) is 11.2 Å². The lowest BCUT2D eigenvalue weighted by molar-refractivity contribution is -0.154. The topological polar surface area (TPSA) is 187 Å². The molecule has 0 amide bonds. The number of rotatable bonds is 4. The number of carbonyl (C=O) groups excluding carboxylic acids is 3. The minimum Gasteiger partial charge on any atom is -0.462 e. The van der Waals surface area contributed by atoms with Crippen LogP contribution in [0, 0.1) is 18.4 Å². The Hall–Kier alpha value is -4.03. The van der Waals surface area contributed by atoms with Crippen molar-refractivity contribution in [3.63, 3.8) is 0 Å². The molecule has 2 aliphatic heterocycles. The van der Waals surface area contributed by atoms with Gasteiger partial charge in [-0.25, -0.2) is 9.78 Å². The molecule has 0 bridgehead atoms. The number of cyclic esters (lactones) is 2. The summed E-state index contributed by atoms with van der Waals surface area (Å²) in [6.45, 7) is -1.47. The van der Waals surface area contributed by atoms with Gasteiger partial charge in [-0.05, 0) is 12.8 Å². The van der Waals surface area contributed by atoms with Gasteiger partial charge in [0, 0.05) is 19.3 Å². The maximum atomic E-state index is 13.9. The number of halogens is 1. The molecule has 0 aliphatic carbocycles. The van der Waals surface area contributed by atoms with Crippen LogP contribution in [0.2, 0.25) is 0 Å². The molecule has 15 heteroatoms. The summed E-state index contributed by atoms with van der Waals surface area (Å²) in [6, 6.07) is 0. The van der Waals surface area contributed by atoms with Gasteiger partial charge in [0.2, 0.25) is 0 Å². The fourth-order valence-corrected chi connectivity index (χ4v) is 5.18. The van der Waals surface area contributed by atoms with Crippen molar-refractivity contribution in [1.29, 1.82) is 0 Å². The molecule has 4 heterocycles. The fourth-order valence-electron chi connectivity index (χ4n) is 5.18. The van der Waals surface area contributed by atoms with Crippen LogP contribution < -0.4 is 5.73 Å². The fraction of sp³-hybridized carbons (Fsp3) is 0.655. The lowest BCUT2D eigenvalue weighted by atomic mass is 9.99. The summed E-state index contributed by atoms with van der Waals surface area (Å²) in [4.78, 5) is 48.8. The Morgan fingerprint density at radius 3 is 2.20 bits per heavy atom. The van der Waals surface area contributed by atoms with E-state index in [0.29, 0.717) is 12.8 Å². The first-order chi connectivity index (χ1) is 21.2. The predicted octanol–water partition coefficient (Wildman–Crippen LogP) is 3.11. The van der Waals surface area contributed by atoms with Gasteiger partial charge >= 0.3 is 24.2 Å². The Bertz CT molecular complexity index is 1320. The number of anilines is 1. The summed E-state index contributed by atoms with van der Waals surface area (Å²) in [6.07, 6.45) is 10.1. The van der Waals surface area contributed by atoms with E-state index in [1.54, 1.807) is 0 Å². The molecule has 3 atom stereocenters. The largest absolute Gasteiger partial charge is 0.509 e. The monoisotopic (exact) mass is 619 g/mol. The normalized spacial score (nSPS) is 25.3. The number of aromatic nitrogens is 4. The SMILES string of the molecule is C#C[C@]1(CO)O[C@@H](n2cnc3c(N)nc(F)nc32)C[C@@H]1OC(=O)OC1COC(=O)CCCCCCCCCCCC(=O)OC1. The quantitative estimate of drug-likeness (QED) is 0.220. The number of aliphatic hydroxyl groups is 1. The molecule has 240 valence electrons. The van der Waals surface area contributed by atoms with E-state index < -0.39 is 54.8 Å². The second kappa shape index (κ2) is 15.6. The first kappa shape index (κ1) is 32.9. The van der Waals surface area contributed by atoms with Gasteiger partial charge in [0.25, 0.3) is 0 Å². The number of imidazole rings is 1. The predicted molar refractivity (Wildman–Crippen MR) is 151 cm³/mol. The third-order valence-corrected chi connectivity index (χ3v) is 7.62. The Balaban J connectivity index is 1.42. The standard InChI is InChI=1S/C29H38FN5O9/c1-2-29(17-36)20(14-21(44-29)35-18-32-24-25(31)33-27(30)34-26(24)35)43-28(39)42-19-15-40-22(37)12-10-8-6-4-3-5-7-9-11-13-23(38)41-16-19/h1,18-21,36H,3-17H2,(H2,31,33,34)/t20-,21+,29+/m0/s1. The van der Waals surface area contributed by atoms with Crippen LogP contribution >= 0.6 is 0 Å². The van der Waals surface area contributed by atoms with Crippen molar-refractivity contribution in [1.82, 2.24) is 19.5 Å². The van der Waals surface area contributed by atoms with Crippen LogP contribution in [0.4, 0.5) is 15.0 Å². The minimum atomic E-state index is -1.80. The maximum absolute atomic E-state index is 13.9. The molecule has 2 saturated heterocycles. The molecule has 44 heavy (non-hydrogen) atoms. The van der Waals surface area contributed by atoms with E-state index in [2.05, 4.69) is 20.9 Å². The summed E-state index contributed by atoms with van der Waals surface area (Å²) >= 11 is 0. The first-order valence-electron chi connectivity index (χ1n) is 14.8. The van der Waals surface area contributed by atoms with Gasteiger partial charge in [-0.1, -0.05) is 50.9 Å². The molecule has 0 radical (unpaired) electrons. The van der Waals surface area contributed by atoms with E-state index in [4.69, 9.17) is 35.8 Å². The third-order valence-electron chi connectivity index (χ3n) is 7.62. The van der Waals surface area contributed by atoms with Crippen LogP contribution in [0.3, 0.4) is 0 Å². The lowest BCUT2D eigenvalue weighted by Crippen LogP contribution is -2.44. The number of hydrogen-bond donors (Lipinski definition) is 2. The van der Waals surface area contributed by atoms with Crippen molar-refractivity contribution >= 4 is 35.1 Å². The molecule has 2 aromatic heterocycles. The Morgan fingerprint density at radius 2 is 1.64 bits per heavy atom. The van der Waals surface area contributed by atoms with Gasteiger partial charge < -0.3 is 34.5 Å². The van der Waals surface area contributed by atoms with Crippen molar-refractivity contribution in [2.45, 2.75) is 101 Å². The minimum absolute atomic E-state index is 0.00736. The van der Waals surface area contributed by atoms with Crippen LogP contribution in [0.1, 0.15) is 83.3 Å². The zero-order chi connectivity index (χ0) is 31.5. The number of nitrogens with two attached hydrogens (primary N) is 1. The van der Waals surface area contributed by atoms with E-state index >= 15 is 0 Å². The molecule has 3 N–H and O–H groups in total. The number of nitrogens with zero attached hydrogens (tertiary/aromatic N) is 4. The zero-order valence-electron chi connectivity index (χ0n) is 24.5. The van der Waals surface area contributed by atoms with Gasteiger partial charge in [-0.3, -0.25) is 14.2 Å². The Labute approximate surface area is 253 Å². The Morgan fingerprint density at radius 1 is 1.05 bits per heavy atom. The average molecular weight is 620 g/mol. The summed E-state index contributed by atoms with van der Waals surface area (Å²) in [5, 5.41) is 10.1. The average Bonchev–Trinajstić information content (AvgIpc) is 3.58. The highest BCUT2D eigenvalue weighted by Crippen LogP contribution is 2.39. The van der Waals surface area contributed by atoms with Crippen LogP contribution in [-0.2, 0) is 33.3 Å². The number of nitrogen functional groups attached to an aromatic ring is 1. The molecule has 2 aromatic rings. The van der Waals surface area contributed by atoms with E-state index in [1.165, 1.54) is 10.9 Å². The van der Waals surface area contributed by atoms with Gasteiger partial charge in [-0.2, -0.15) is 14.4 Å². The van der Waals surface area contributed by atoms with Gasteiger partial charge in [0.05, 0.1) is 12.9 Å². The Kier molecular flexibility index (Phi) is 11.7. The number of esters is 2. The number of aliphatic hydroxyl groups excluding tert-OH is 1. The number of terminal acetylenes is 1. The third kappa shape index (κ3) is 8.54. The second-order valence-electron chi connectivity index (χ2n) is 10.8. The van der Waals surface area contributed by atoms with Crippen LogP contribution in [0.15, 0.2) is 6.33 Å². The molecule has 0 aromatic carbocycles. The molecule has 0 unspecified atom stereocenters. The lowest BCUT2D eigenvalue weighted by Gasteiger charge is -2.27. The summed E-state index contributed by atoms with van der Waals surface area (Å²) < 4.78 is 42.6. The molecular weight excluding hydrogens is 581 g/mol. The highest BCUT2D eigenvalue weighted by Gasteiger charge is 2.51. The molecular formula is C29H38FN5O9. The van der Waals surface area contributed by atoms with Crippen molar-refractivity contribution in [3.05, 3.63) is 12.4 Å². The summed E-state index contributed by atoms with van der Waals surface area (Å²) in [7, 11) is 0. The van der Waals surface area contributed by atoms with Crippen molar-refractivity contribution in [2.75, 3.05) is 25.6 Å². The highest BCUT2D eigenvalue weighted by atomic mass is 19.1. The molecule has 0 spiro atoms. The number of ether oxygens (including phenoxy) is 5. The van der Waals surface area contributed by atoms with Gasteiger partial charge in [0.15, 0.2) is 34.8 Å². The van der Waals surface area contributed by atoms with Crippen molar-refractivity contribution < 1.29 is 47.6 Å². The number of fused-ring (bicyclic) bond motifs is 1. The maximum Gasteiger partial charge on any atom is 0.509 e. The number of carbonyl (C=O) groups is 3. The molecule has 2 aliphatic rings. The highest BCUT2D eigenvalue weighted by molar-refractivity contribution is 5.81. The zero-order valence-corrected chi connectivity index (χ0v) is 24.5. The molecule has 2 fully saturated rings. The molecule has 4 rings (SSSR count). The van der Waals surface area contributed by atoms with Gasteiger partial charge in [0.1, 0.15) is 19.4 Å². The smallest absolute Gasteiger partial charge is 0.462 e.